The number of allylic oxidation sites excluding steroid dienone is 3. The number of ether oxygens (including phenoxy) is 2. The van der Waals surface area contributed by atoms with Crippen molar-refractivity contribution in [3.8, 4) is 0 Å². The molecule has 0 saturated carbocycles. The van der Waals surface area contributed by atoms with E-state index in [1.807, 2.05) is 12.2 Å². The van der Waals surface area contributed by atoms with Crippen LogP contribution in [0.5, 0.6) is 0 Å². The fourth-order valence-corrected chi connectivity index (χ4v) is 3.86. The molecule has 130 valence electrons. The minimum absolute atomic E-state index is 0.156. The van der Waals surface area contributed by atoms with Gasteiger partial charge in [-0.1, -0.05) is 26.8 Å². The lowest BCUT2D eigenvalue weighted by atomic mass is 9.94. The molecule has 5 heteroatoms. The molecule has 2 aliphatic heterocycles. The summed E-state index contributed by atoms with van der Waals surface area (Å²) < 4.78 is 18.5. The lowest BCUT2D eigenvalue weighted by Gasteiger charge is -2.44. The molecular weight excluding hydrogens is 308 g/mol. The molecule has 2 fully saturated rings. The molecule has 2 rings (SSSR count). The van der Waals surface area contributed by atoms with Gasteiger partial charge in [-0.25, -0.2) is 0 Å². The quantitative estimate of drug-likeness (QED) is 0.448. The molecule has 2 aliphatic rings. The maximum absolute atomic E-state index is 10.8. The van der Waals surface area contributed by atoms with Crippen LogP contribution in [0.4, 0.5) is 0 Å². The number of hydrogen-bond donors (Lipinski definition) is 0. The molecule has 0 amide bonds. The van der Waals surface area contributed by atoms with Crippen LogP contribution in [0.1, 0.15) is 59.8 Å². The Morgan fingerprint density at radius 2 is 2.17 bits per heavy atom. The summed E-state index contributed by atoms with van der Waals surface area (Å²) in [6.07, 6.45) is 9.42. The summed E-state index contributed by atoms with van der Waals surface area (Å²) in [6, 6.07) is 0. The molecule has 0 aromatic heterocycles. The monoisotopic (exact) mass is 338 g/mol. The van der Waals surface area contributed by atoms with Gasteiger partial charge in [0.25, 0.3) is 0 Å². The molecule has 0 aliphatic carbocycles. The second-order valence-electron chi connectivity index (χ2n) is 7.88. The molecule has 0 N–H and O–H groups in total. The molecule has 2 heterocycles. The van der Waals surface area contributed by atoms with E-state index >= 15 is 0 Å². The summed E-state index contributed by atoms with van der Waals surface area (Å²) in [4.78, 5) is 10.8. The maximum Gasteiger partial charge on any atom is 0.212 e. The van der Waals surface area contributed by atoms with Crippen LogP contribution in [0.2, 0.25) is 5.04 Å². The Balaban J connectivity index is 2.11. The van der Waals surface area contributed by atoms with Gasteiger partial charge in [0.15, 0.2) is 9.76 Å². The van der Waals surface area contributed by atoms with Gasteiger partial charge in [0.05, 0.1) is 12.7 Å². The van der Waals surface area contributed by atoms with Crippen molar-refractivity contribution in [2.24, 2.45) is 0 Å². The maximum atomic E-state index is 10.8. The fraction of sp³-hybridized carbons (Fsp3) is 0.722. The van der Waals surface area contributed by atoms with E-state index in [4.69, 9.17) is 13.9 Å². The van der Waals surface area contributed by atoms with E-state index in [9.17, 15) is 4.79 Å². The Bertz CT molecular complexity index is 470. The van der Waals surface area contributed by atoms with Gasteiger partial charge in [-0.3, -0.25) is 4.79 Å². The van der Waals surface area contributed by atoms with Gasteiger partial charge in [0.2, 0.25) is 5.79 Å². The molecule has 2 atom stereocenters. The fourth-order valence-electron chi connectivity index (χ4n) is 2.89. The second-order valence-corrected chi connectivity index (χ2v) is 10.6. The zero-order valence-electron chi connectivity index (χ0n) is 14.9. The third kappa shape index (κ3) is 5.90. The van der Waals surface area contributed by atoms with E-state index in [2.05, 4.69) is 20.8 Å². The Morgan fingerprint density at radius 1 is 1.39 bits per heavy atom. The summed E-state index contributed by atoms with van der Waals surface area (Å²) in [6.45, 7) is 9.25. The highest BCUT2D eigenvalue weighted by Gasteiger charge is 2.43. The SMILES string of the molecule is CC(C=O)=CC=C1CC(O[SiH2]C(C)(C)C)CC2(CCCCO2)O1. The predicted octanol–water partition coefficient (Wildman–Crippen LogP) is 3.41. The number of rotatable bonds is 4. The molecule has 0 radical (unpaired) electrons. The first-order valence-electron chi connectivity index (χ1n) is 8.59. The lowest BCUT2D eigenvalue weighted by molar-refractivity contribution is -0.263. The van der Waals surface area contributed by atoms with Crippen molar-refractivity contribution in [3.63, 3.8) is 0 Å². The van der Waals surface area contributed by atoms with Gasteiger partial charge in [0, 0.05) is 19.3 Å². The number of carbonyl (C=O) groups excluding carboxylic acids is 1. The Hall–Kier alpha value is -0.913. The van der Waals surface area contributed by atoms with E-state index in [0.717, 1.165) is 50.8 Å². The molecule has 2 unspecified atom stereocenters. The van der Waals surface area contributed by atoms with Crippen molar-refractivity contribution in [1.82, 2.24) is 0 Å². The average molecular weight is 339 g/mol. The van der Waals surface area contributed by atoms with Crippen molar-refractivity contribution in [3.05, 3.63) is 23.5 Å². The third-order valence-corrected chi connectivity index (χ3v) is 5.58. The zero-order chi connectivity index (χ0) is 16.9. The van der Waals surface area contributed by atoms with Gasteiger partial charge in [-0.2, -0.15) is 0 Å². The van der Waals surface area contributed by atoms with E-state index in [1.165, 1.54) is 0 Å². The van der Waals surface area contributed by atoms with E-state index in [0.29, 0.717) is 5.57 Å². The molecule has 0 bridgehead atoms. The lowest BCUT2D eigenvalue weighted by Crippen LogP contribution is -2.46. The zero-order valence-corrected chi connectivity index (χ0v) is 16.3. The minimum atomic E-state index is -0.614. The first-order valence-corrected chi connectivity index (χ1v) is 9.88. The molecule has 1 spiro atoms. The van der Waals surface area contributed by atoms with Crippen LogP contribution >= 0.6 is 0 Å². The van der Waals surface area contributed by atoms with Crippen LogP contribution in [0, 0.1) is 0 Å². The smallest absolute Gasteiger partial charge is 0.212 e. The normalized spacial score (nSPS) is 31.7. The molecule has 2 saturated heterocycles. The molecule has 23 heavy (non-hydrogen) atoms. The largest absolute Gasteiger partial charge is 0.467 e. The van der Waals surface area contributed by atoms with Crippen LogP contribution < -0.4 is 0 Å². The molecule has 0 aromatic carbocycles. The molecular formula is C18H30O4Si. The standard InChI is InChI=1S/C18H30O4Si/c1-14(13-19)7-8-15-11-16(22-23-17(2,3)4)12-18(21-15)9-5-6-10-20-18/h7-8,13,16H,5-6,9-12,23H2,1-4H3. The van der Waals surface area contributed by atoms with Crippen LogP contribution in [0.25, 0.3) is 0 Å². The second kappa shape index (κ2) is 7.77. The minimum Gasteiger partial charge on any atom is -0.467 e. The summed E-state index contributed by atoms with van der Waals surface area (Å²) >= 11 is 0. The Kier molecular flexibility index (Phi) is 6.23. The highest BCUT2D eigenvalue weighted by atomic mass is 28.2. The third-order valence-electron chi connectivity index (χ3n) is 4.07. The summed E-state index contributed by atoms with van der Waals surface area (Å²) in [7, 11) is -0.614. The number of hydrogen-bond acceptors (Lipinski definition) is 4. The Morgan fingerprint density at radius 3 is 2.78 bits per heavy atom. The first-order chi connectivity index (χ1) is 10.8. The van der Waals surface area contributed by atoms with Crippen molar-refractivity contribution in [1.29, 1.82) is 0 Å². The first kappa shape index (κ1) is 18.4. The van der Waals surface area contributed by atoms with Gasteiger partial charge < -0.3 is 13.9 Å². The van der Waals surface area contributed by atoms with E-state index in [1.54, 1.807) is 6.92 Å². The van der Waals surface area contributed by atoms with Crippen molar-refractivity contribution in [2.45, 2.75) is 76.7 Å². The van der Waals surface area contributed by atoms with Gasteiger partial charge in [-0.05, 0) is 36.5 Å². The van der Waals surface area contributed by atoms with E-state index in [-0.39, 0.29) is 11.1 Å². The topological polar surface area (TPSA) is 44.8 Å². The van der Waals surface area contributed by atoms with Crippen LogP contribution in [-0.2, 0) is 18.7 Å². The number of carbonyl (C=O) groups is 1. The highest BCUT2D eigenvalue weighted by molar-refractivity contribution is 6.31. The van der Waals surface area contributed by atoms with Crippen molar-refractivity contribution in [2.75, 3.05) is 6.61 Å². The highest BCUT2D eigenvalue weighted by Crippen LogP contribution is 2.40. The number of aldehydes is 1. The Labute approximate surface area is 142 Å². The van der Waals surface area contributed by atoms with Crippen molar-refractivity contribution >= 4 is 16.0 Å². The molecule has 0 aromatic rings. The summed E-state index contributed by atoms with van der Waals surface area (Å²) in [5, 5.41) is 0.275. The van der Waals surface area contributed by atoms with Crippen LogP contribution in [0.3, 0.4) is 0 Å². The van der Waals surface area contributed by atoms with Crippen LogP contribution in [-0.4, -0.2) is 34.5 Å². The average Bonchev–Trinajstić information content (AvgIpc) is 2.50. The van der Waals surface area contributed by atoms with Gasteiger partial charge >= 0.3 is 0 Å². The predicted molar refractivity (Wildman–Crippen MR) is 93.9 cm³/mol. The van der Waals surface area contributed by atoms with E-state index < -0.39 is 15.6 Å². The molecule has 4 nitrogen and oxygen atoms in total. The van der Waals surface area contributed by atoms with Gasteiger partial charge in [-0.15, -0.1) is 0 Å². The van der Waals surface area contributed by atoms with Crippen LogP contribution in [0.15, 0.2) is 23.5 Å². The van der Waals surface area contributed by atoms with Crippen molar-refractivity contribution < 1.29 is 18.7 Å². The summed E-state index contributed by atoms with van der Waals surface area (Å²) in [5.41, 5.74) is 0.687. The summed E-state index contributed by atoms with van der Waals surface area (Å²) in [5.74, 6) is 0.342. The van der Waals surface area contributed by atoms with Gasteiger partial charge in [0.1, 0.15) is 12.0 Å².